The Morgan fingerprint density at radius 3 is 2.85 bits per heavy atom. The van der Waals surface area contributed by atoms with Crippen molar-refractivity contribution in [2.75, 3.05) is 0 Å². The maximum atomic E-state index is 12.3. The van der Waals surface area contributed by atoms with Crippen LogP contribution in [-0.2, 0) is 11.3 Å². The number of thiazole rings is 1. The van der Waals surface area contributed by atoms with Crippen LogP contribution >= 0.6 is 22.9 Å². The summed E-state index contributed by atoms with van der Waals surface area (Å²) in [5, 5.41) is 5.07. The van der Waals surface area contributed by atoms with Crippen LogP contribution in [0.15, 0.2) is 63.6 Å². The lowest BCUT2D eigenvalue weighted by atomic mass is 10.2. The predicted molar refractivity (Wildman–Crippen MR) is 99.1 cm³/mol. The zero-order valence-electron chi connectivity index (χ0n) is 13.9. The Bertz CT molecular complexity index is 975. The van der Waals surface area contributed by atoms with Gasteiger partial charge in [-0.2, -0.15) is 4.99 Å². The van der Waals surface area contributed by atoms with Crippen molar-refractivity contribution < 1.29 is 14.0 Å². The van der Waals surface area contributed by atoms with Gasteiger partial charge >= 0.3 is 0 Å². The molecule has 1 N–H and O–H groups in total. The molecule has 2 aromatic heterocycles. The average Bonchev–Trinajstić information content (AvgIpc) is 3.29. The number of hydrogen-bond donors (Lipinski definition) is 1. The summed E-state index contributed by atoms with van der Waals surface area (Å²) in [5.74, 6) is -0.754. The first-order valence-electron chi connectivity index (χ1n) is 7.85. The molecule has 3 rings (SSSR count). The molecule has 0 spiro atoms. The number of benzene rings is 1. The van der Waals surface area contributed by atoms with E-state index in [9.17, 15) is 9.59 Å². The van der Waals surface area contributed by atoms with Crippen molar-refractivity contribution in [1.29, 1.82) is 0 Å². The van der Waals surface area contributed by atoms with Gasteiger partial charge in [0.2, 0.25) is 0 Å². The van der Waals surface area contributed by atoms with Gasteiger partial charge in [-0.25, -0.2) is 0 Å². The Balaban J connectivity index is 1.73. The highest BCUT2D eigenvalue weighted by atomic mass is 35.5. The van der Waals surface area contributed by atoms with Crippen molar-refractivity contribution in [3.8, 4) is 0 Å². The van der Waals surface area contributed by atoms with E-state index in [2.05, 4.69) is 10.3 Å². The zero-order chi connectivity index (χ0) is 18.5. The van der Waals surface area contributed by atoms with Crippen molar-refractivity contribution in [3.63, 3.8) is 0 Å². The van der Waals surface area contributed by atoms with Gasteiger partial charge in [-0.3, -0.25) is 9.59 Å². The van der Waals surface area contributed by atoms with Crippen LogP contribution in [0.5, 0.6) is 0 Å². The van der Waals surface area contributed by atoms with Crippen molar-refractivity contribution in [2.24, 2.45) is 4.99 Å². The van der Waals surface area contributed by atoms with Crippen LogP contribution in [0.1, 0.15) is 23.0 Å². The highest BCUT2D eigenvalue weighted by molar-refractivity contribution is 7.07. The van der Waals surface area contributed by atoms with Gasteiger partial charge in [-0.1, -0.05) is 29.8 Å². The maximum absolute atomic E-state index is 12.3. The first-order valence-corrected chi connectivity index (χ1v) is 9.10. The molecule has 0 fully saturated rings. The van der Waals surface area contributed by atoms with Crippen LogP contribution in [0.4, 0.5) is 0 Å². The number of carbonyl (C=O) groups excluding carboxylic acids is 2. The van der Waals surface area contributed by atoms with E-state index in [1.165, 1.54) is 23.7 Å². The Kier molecular flexibility index (Phi) is 5.70. The minimum atomic E-state index is -0.775. The molecule has 0 saturated heterocycles. The molecule has 6 nitrogen and oxygen atoms in total. The maximum Gasteiger partial charge on any atom is 0.287 e. The lowest BCUT2D eigenvalue weighted by Crippen LogP contribution is -2.38. The number of rotatable bonds is 5. The molecule has 134 valence electrons. The van der Waals surface area contributed by atoms with E-state index < -0.39 is 17.9 Å². The fraction of sp³-hybridized carbons (Fsp3) is 0.167. The Hall–Kier alpha value is -2.64. The number of halogens is 1. The third-order valence-electron chi connectivity index (χ3n) is 3.63. The molecule has 2 heterocycles. The largest absolute Gasteiger partial charge is 0.459 e. The zero-order valence-corrected chi connectivity index (χ0v) is 15.5. The lowest BCUT2D eigenvalue weighted by Gasteiger charge is -2.09. The van der Waals surface area contributed by atoms with Crippen molar-refractivity contribution in [1.82, 2.24) is 9.88 Å². The monoisotopic (exact) mass is 389 g/mol. The summed E-state index contributed by atoms with van der Waals surface area (Å²) >= 11 is 7.53. The van der Waals surface area contributed by atoms with E-state index in [0.717, 1.165) is 5.56 Å². The molecule has 0 saturated carbocycles. The Morgan fingerprint density at radius 1 is 1.31 bits per heavy atom. The van der Waals surface area contributed by atoms with Crippen molar-refractivity contribution in [2.45, 2.75) is 19.5 Å². The molecular formula is C18H16ClN3O3S. The summed E-state index contributed by atoms with van der Waals surface area (Å²) in [4.78, 5) is 29.0. The molecule has 0 bridgehead atoms. The van der Waals surface area contributed by atoms with Crippen molar-refractivity contribution in [3.05, 3.63) is 75.4 Å². The minimum absolute atomic E-state index is 0.148. The van der Waals surface area contributed by atoms with E-state index in [4.69, 9.17) is 16.0 Å². The summed E-state index contributed by atoms with van der Waals surface area (Å²) in [6.45, 7) is 2.08. The molecule has 0 aliphatic heterocycles. The van der Waals surface area contributed by atoms with Gasteiger partial charge in [0.15, 0.2) is 10.6 Å². The van der Waals surface area contributed by atoms with Crippen molar-refractivity contribution >= 4 is 34.8 Å². The van der Waals surface area contributed by atoms with Crippen LogP contribution in [0.2, 0.25) is 5.02 Å². The second-order valence-corrected chi connectivity index (χ2v) is 6.81. The topological polar surface area (TPSA) is 76.6 Å². The Labute approximate surface area is 158 Å². The summed E-state index contributed by atoms with van der Waals surface area (Å²) in [6.07, 6.45) is 3.24. The molecule has 0 radical (unpaired) electrons. The number of nitrogens with one attached hydrogen (secondary N) is 1. The van der Waals surface area contributed by atoms with Gasteiger partial charge in [-0.15, -0.1) is 11.3 Å². The van der Waals surface area contributed by atoms with Gasteiger partial charge in [0.05, 0.1) is 12.8 Å². The molecular weight excluding hydrogens is 374 g/mol. The first kappa shape index (κ1) is 18.2. The van der Waals surface area contributed by atoms with Gasteiger partial charge in [-0.05, 0) is 30.7 Å². The van der Waals surface area contributed by atoms with Gasteiger partial charge in [0, 0.05) is 16.6 Å². The summed E-state index contributed by atoms with van der Waals surface area (Å²) < 4.78 is 6.85. The molecule has 1 unspecified atom stereocenters. The summed E-state index contributed by atoms with van der Waals surface area (Å²) in [5.41, 5.74) is 0.931. The molecule has 0 aliphatic carbocycles. The molecule has 3 aromatic rings. The normalized spacial score (nSPS) is 12.8. The lowest BCUT2D eigenvalue weighted by molar-refractivity contribution is -0.119. The second-order valence-electron chi connectivity index (χ2n) is 5.53. The number of amides is 2. The standard InChI is InChI=1S/C18H16ClN3O3S/c1-12(20-17(24)15-7-4-9-25-15)16(23)21-18-22(8-10-26-18)11-13-5-2-3-6-14(13)19/h2-10,12H,11H2,1H3,(H,20,24). The van der Waals surface area contributed by atoms with Gasteiger partial charge < -0.3 is 14.3 Å². The molecule has 1 aromatic carbocycles. The molecule has 1 atom stereocenters. The summed E-state index contributed by atoms with van der Waals surface area (Å²) in [7, 11) is 0. The average molecular weight is 390 g/mol. The minimum Gasteiger partial charge on any atom is -0.459 e. The number of aromatic nitrogens is 1. The fourth-order valence-electron chi connectivity index (χ4n) is 2.25. The second kappa shape index (κ2) is 8.16. The number of furan rings is 1. The fourth-order valence-corrected chi connectivity index (χ4v) is 3.17. The molecule has 8 heteroatoms. The third kappa shape index (κ3) is 4.30. The molecule has 0 aliphatic rings. The van der Waals surface area contributed by atoms with Crippen LogP contribution in [0.25, 0.3) is 0 Å². The van der Waals surface area contributed by atoms with Crippen LogP contribution < -0.4 is 10.1 Å². The van der Waals surface area contributed by atoms with Crippen LogP contribution in [-0.4, -0.2) is 22.4 Å². The number of hydrogen-bond acceptors (Lipinski definition) is 4. The third-order valence-corrected chi connectivity index (χ3v) is 4.79. The summed E-state index contributed by atoms with van der Waals surface area (Å²) in [6, 6.07) is 9.87. The molecule has 2 amide bonds. The van der Waals surface area contributed by atoms with E-state index in [1.54, 1.807) is 13.0 Å². The first-order chi connectivity index (χ1) is 12.5. The van der Waals surface area contributed by atoms with Gasteiger partial charge in [0.1, 0.15) is 6.04 Å². The highest BCUT2D eigenvalue weighted by Gasteiger charge is 2.17. The van der Waals surface area contributed by atoms with Gasteiger partial charge in [0.25, 0.3) is 11.8 Å². The van der Waals surface area contributed by atoms with E-state index in [0.29, 0.717) is 16.4 Å². The van der Waals surface area contributed by atoms with Crippen LogP contribution in [0.3, 0.4) is 0 Å². The Morgan fingerprint density at radius 2 is 2.12 bits per heavy atom. The highest BCUT2D eigenvalue weighted by Crippen LogP contribution is 2.15. The van der Waals surface area contributed by atoms with E-state index in [-0.39, 0.29) is 5.76 Å². The number of carbonyl (C=O) groups is 2. The van der Waals surface area contributed by atoms with Crippen LogP contribution in [0, 0.1) is 0 Å². The smallest absolute Gasteiger partial charge is 0.287 e. The number of nitrogens with zero attached hydrogens (tertiary/aromatic N) is 2. The predicted octanol–water partition coefficient (Wildman–Crippen LogP) is 3.09. The van der Waals surface area contributed by atoms with E-state index >= 15 is 0 Å². The SMILES string of the molecule is CC(NC(=O)c1ccco1)C(=O)N=c1sccn1Cc1ccccc1Cl. The quantitative estimate of drug-likeness (QED) is 0.728. The van der Waals surface area contributed by atoms with E-state index in [1.807, 2.05) is 40.4 Å². The molecule has 26 heavy (non-hydrogen) atoms.